The maximum atomic E-state index is 11.9. The minimum absolute atomic E-state index is 0.288. The molecular weight excluding hydrogens is 272 g/mol. The van der Waals surface area contributed by atoms with Crippen LogP contribution in [0.4, 0.5) is 0 Å². The number of aromatic nitrogens is 4. The molecule has 0 aliphatic rings. The summed E-state index contributed by atoms with van der Waals surface area (Å²) in [5.74, 6) is 0. The Morgan fingerprint density at radius 1 is 1.33 bits per heavy atom. The van der Waals surface area contributed by atoms with E-state index in [1.54, 1.807) is 20.5 Å². The molecule has 0 saturated carbocycles. The molecule has 0 aromatic carbocycles. The molecule has 2 aromatic heterocycles. The second kappa shape index (κ2) is 6.71. The Bertz CT molecular complexity index is 713. The Morgan fingerprint density at radius 2 is 2.10 bits per heavy atom. The van der Waals surface area contributed by atoms with Crippen LogP contribution in [0.25, 0.3) is 11.2 Å². The summed E-state index contributed by atoms with van der Waals surface area (Å²) in [5, 5.41) is 0. The van der Waals surface area contributed by atoms with Crippen molar-refractivity contribution >= 4 is 11.2 Å². The topological polar surface area (TPSA) is 81.9 Å². The third-order valence-corrected chi connectivity index (χ3v) is 3.79. The van der Waals surface area contributed by atoms with Gasteiger partial charge in [0.05, 0.1) is 12.4 Å². The summed E-state index contributed by atoms with van der Waals surface area (Å²) in [6, 6.07) is 0. The highest BCUT2D eigenvalue weighted by molar-refractivity contribution is 5.69. The Kier molecular flexibility index (Phi) is 4.95. The van der Waals surface area contributed by atoms with Gasteiger partial charge in [0.25, 0.3) is 5.56 Å². The van der Waals surface area contributed by atoms with Gasteiger partial charge in [-0.1, -0.05) is 12.8 Å². The lowest BCUT2D eigenvalue weighted by Gasteiger charge is -2.09. The highest BCUT2D eigenvalue weighted by Crippen LogP contribution is 2.10. The van der Waals surface area contributed by atoms with Crippen LogP contribution >= 0.6 is 0 Å². The predicted molar refractivity (Wildman–Crippen MR) is 80.5 cm³/mol. The van der Waals surface area contributed by atoms with Crippen LogP contribution in [0.2, 0.25) is 0 Å². The average Bonchev–Trinajstić information content (AvgIpc) is 2.88. The monoisotopic (exact) mass is 294 g/mol. The van der Waals surface area contributed by atoms with Crippen molar-refractivity contribution in [3.05, 3.63) is 27.2 Å². The van der Waals surface area contributed by atoms with Gasteiger partial charge >= 0.3 is 5.69 Å². The van der Waals surface area contributed by atoms with Crippen LogP contribution in [0.5, 0.6) is 0 Å². The van der Waals surface area contributed by atoms with Crippen LogP contribution in [0, 0.1) is 0 Å². The van der Waals surface area contributed by atoms with E-state index in [2.05, 4.69) is 16.9 Å². The first kappa shape index (κ1) is 15.5. The molecule has 0 radical (unpaired) electrons. The first-order valence-corrected chi connectivity index (χ1v) is 7.21. The van der Waals surface area contributed by atoms with E-state index >= 15 is 0 Å². The molecule has 21 heavy (non-hydrogen) atoms. The lowest BCUT2D eigenvalue weighted by atomic mass is 10.1. The van der Waals surface area contributed by atoms with Crippen molar-refractivity contribution < 1.29 is 4.74 Å². The number of imidazole rings is 1. The maximum Gasteiger partial charge on any atom is 0.329 e. The van der Waals surface area contributed by atoms with Gasteiger partial charge in [0, 0.05) is 20.7 Å². The predicted octanol–water partition coefficient (Wildman–Crippen LogP) is 1.02. The molecular formula is C14H22N4O3. The Hall–Kier alpha value is -1.89. The highest BCUT2D eigenvalue weighted by atomic mass is 16.5. The molecule has 116 valence electrons. The molecule has 2 heterocycles. The van der Waals surface area contributed by atoms with Crippen LogP contribution < -0.4 is 11.2 Å². The van der Waals surface area contributed by atoms with E-state index in [-0.39, 0.29) is 11.7 Å². The molecule has 1 atom stereocenters. The first-order valence-electron chi connectivity index (χ1n) is 7.21. The van der Waals surface area contributed by atoms with Crippen LogP contribution in [0.15, 0.2) is 15.9 Å². The molecule has 2 aromatic rings. The van der Waals surface area contributed by atoms with E-state index in [0.29, 0.717) is 11.2 Å². The van der Waals surface area contributed by atoms with Crippen molar-refractivity contribution in [3.63, 3.8) is 0 Å². The number of nitrogens with zero attached hydrogens (tertiary/aromatic N) is 3. The van der Waals surface area contributed by atoms with Gasteiger partial charge in [0.15, 0.2) is 11.2 Å². The largest absolute Gasteiger partial charge is 0.382 e. The fourth-order valence-corrected chi connectivity index (χ4v) is 2.36. The number of aryl methyl sites for hydroxylation is 2. The van der Waals surface area contributed by atoms with Crippen LogP contribution in [0.1, 0.15) is 32.6 Å². The average molecular weight is 294 g/mol. The second-order valence-electron chi connectivity index (χ2n) is 5.32. The number of hydrogen-bond acceptors (Lipinski definition) is 4. The van der Waals surface area contributed by atoms with Crippen molar-refractivity contribution in [2.45, 2.75) is 45.3 Å². The van der Waals surface area contributed by atoms with E-state index in [4.69, 9.17) is 4.74 Å². The highest BCUT2D eigenvalue weighted by Gasteiger charge is 2.11. The number of unbranched alkanes of at least 4 members (excludes halogenated alkanes) is 2. The Balaban J connectivity index is 2.02. The van der Waals surface area contributed by atoms with Crippen molar-refractivity contribution in [1.29, 1.82) is 0 Å². The van der Waals surface area contributed by atoms with E-state index < -0.39 is 5.69 Å². The number of H-pyrrole nitrogens is 1. The number of hydrogen-bond donors (Lipinski definition) is 1. The lowest BCUT2D eigenvalue weighted by Crippen LogP contribution is -2.29. The minimum atomic E-state index is -0.439. The zero-order chi connectivity index (χ0) is 15.4. The van der Waals surface area contributed by atoms with Crippen LogP contribution in [-0.4, -0.2) is 32.3 Å². The van der Waals surface area contributed by atoms with Gasteiger partial charge in [-0.3, -0.25) is 14.3 Å². The zero-order valence-corrected chi connectivity index (χ0v) is 12.8. The lowest BCUT2D eigenvalue weighted by molar-refractivity contribution is 0.108. The van der Waals surface area contributed by atoms with Gasteiger partial charge in [0.2, 0.25) is 0 Å². The quantitative estimate of drug-likeness (QED) is 0.773. The summed E-state index contributed by atoms with van der Waals surface area (Å²) in [7, 11) is 3.32. The van der Waals surface area contributed by atoms with Crippen molar-refractivity contribution in [1.82, 2.24) is 19.1 Å². The standard InChI is InChI=1S/C14H22N4O3/c1-10(21-3)7-5-4-6-8-18-9-15-12-11(18)13(19)16-14(20)17(12)2/h9-10H,4-8H2,1-3H3,(H,16,19,20). The fourth-order valence-electron chi connectivity index (χ4n) is 2.36. The summed E-state index contributed by atoms with van der Waals surface area (Å²) in [5.41, 5.74) is 0.0732. The molecule has 0 spiro atoms. The Morgan fingerprint density at radius 3 is 2.81 bits per heavy atom. The molecule has 0 aliphatic carbocycles. The molecule has 7 heteroatoms. The molecule has 0 aliphatic heterocycles. The van der Waals surface area contributed by atoms with E-state index in [1.807, 2.05) is 4.57 Å². The minimum Gasteiger partial charge on any atom is -0.382 e. The molecule has 0 fully saturated rings. The molecule has 0 amide bonds. The van der Waals surface area contributed by atoms with Gasteiger partial charge in [-0.15, -0.1) is 0 Å². The second-order valence-corrected chi connectivity index (χ2v) is 5.32. The number of rotatable bonds is 7. The number of nitrogens with one attached hydrogen (secondary N) is 1. The normalized spacial score (nSPS) is 12.9. The van der Waals surface area contributed by atoms with Gasteiger partial charge < -0.3 is 9.30 Å². The SMILES string of the molecule is COC(C)CCCCCn1cnc2c1c(=O)[nH]c(=O)n2C. The van der Waals surface area contributed by atoms with Crippen molar-refractivity contribution in [3.8, 4) is 0 Å². The number of aromatic amines is 1. The fraction of sp³-hybridized carbons (Fsp3) is 0.643. The third kappa shape index (κ3) is 3.41. The molecule has 2 rings (SSSR count). The zero-order valence-electron chi connectivity index (χ0n) is 12.8. The summed E-state index contributed by atoms with van der Waals surface area (Å²) in [4.78, 5) is 29.9. The van der Waals surface area contributed by atoms with E-state index in [9.17, 15) is 9.59 Å². The molecule has 1 unspecified atom stereocenters. The van der Waals surface area contributed by atoms with E-state index in [1.165, 1.54) is 4.57 Å². The van der Waals surface area contributed by atoms with Gasteiger partial charge in [-0.05, 0) is 19.8 Å². The van der Waals surface area contributed by atoms with Gasteiger partial charge in [0.1, 0.15) is 0 Å². The molecule has 1 N–H and O–H groups in total. The molecule has 0 bridgehead atoms. The van der Waals surface area contributed by atoms with Crippen molar-refractivity contribution in [2.24, 2.45) is 7.05 Å². The molecule has 0 saturated heterocycles. The van der Waals surface area contributed by atoms with Gasteiger partial charge in [-0.25, -0.2) is 9.78 Å². The summed E-state index contributed by atoms with van der Waals surface area (Å²) in [6.45, 7) is 2.78. The Labute approximate surface area is 122 Å². The van der Waals surface area contributed by atoms with Crippen LogP contribution in [-0.2, 0) is 18.3 Å². The van der Waals surface area contributed by atoms with Crippen LogP contribution in [0.3, 0.4) is 0 Å². The van der Waals surface area contributed by atoms with Gasteiger partial charge in [-0.2, -0.15) is 0 Å². The first-order chi connectivity index (χ1) is 10.0. The summed E-state index contributed by atoms with van der Waals surface area (Å²) in [6.07, 6.45) is 6.07. The number of ether oxygens (including phenoxy) is 1. The summed E-state index contributed by atoms with van der Waals surface area (Å²) >= 11 is 0. The van der Waals surface area contributed by atoms with Crippen molar-refractivity contribution in [2.75, 3.05) is 7.11 Å². The summed E-state index contributed by atoms with van der Waals surface area (Å²) < 4.78 is 8.37. The molecule has 7 nitrogen and oxygen atoms in total. The number of fused-ring (bicyclic) bond motifs is 1. The van der Waals surface area contributed by atoms with E-state index in [0.717, 1.165) is 32.2 Å². The number of methoxy groups -OCH3 is 1. The smallest absolute Gasteiger partial charge is 0.329 e. The maximum absolute atomic E-state index is 11.9. The third-order valence-electron chi connectivity index (χ3n) is 3.79.